The van der Waals surface area contributed by atoms with Crippen LogP contribution >= 0.6 is 0 Å². The summed E-state index contributed by atoms with van der Waals surface area (Å²) in [7, 11) is 0. The molecule has 1 N–H and O–H groups in total. The van der Waals surface area contributed by atoms with Crippen LogP contribution in [0.5, 0.6) is 0 Å². The van der Waals surface area contributed by atoms with Crippen LogP contribution in [-0.2, 0) is 0 Å². The number of para-hydroxylation sites is 1. The molecule has 0 atom stereocenters. The number of nitrogens with zero attached hydrogens (tertiary/aromatic N) is 1. The van der Waals surface area contributed by atoms with Gasteiger partial charge in [0.15, 0.2) is 5.76 Å². The van der Waals surface area contributed by atoms with Crippen LogP contribution in [0.4, 0.5) is 0 Å². The van der Waals surface area contributed by atoms with Gasteiger partial charge in [-0.2, -0.15) is 0 Å². The molecule has 4 aromatic rings. The van der Waals surface area contributed by atoms with Gasteiger partial charge in [0, 0.05) is 10.8 Å². The minimum Gasteiger partial charge on any atom is -0.478 e. The van der Waals surface area contributed by atoms with Crippen molar-refractivity contribution in [1.29, 1.82) is 0 Å². The quantitative estimate of drug-likeness (QED) is 0.567. The molecular formula is C20H15NO3. The number of hydrogen-bond donors (Lipinski definition) is 1. The monoisotopic (exact) mass is 317 g/mol. The first-order chi connectivity index (χ1) is 11.5. The highest BCUT2D eigenvalue weighted by molar-refractivity contribution is 6.05. The molecule has 0 saturated carbocycles. The van der Waals surface area contributed by atoms with Gasteiger partial charge in [0.25, 0.3) is 0 Å². The first-order valence-electron chi connectivity index (χ1n) is 7.67. The Labute approximate surface area is 138 Å². The van der Waals surface area contributed by atoms with E-state index in [-0.39, 0.29) is 5.56 Å². The number of aromatic carboxylic acids is 1. The number of aryl methyl sites for hydroxylation is 2. The normalized spacial score (nSPS) is 11.2. The average molecular weight is 317 g/mol. The van der Waals surface area contributed by atoms with Gasteiger partial charge in [-0.3, -0.25) is 0 Å². The number of aromatic nitrogens is 1. The summed E-state index contributed by atoms with van der Waals surface area (Å²) in [5, 5.41) is 11.3. The van der Waals surface area contributed by atoms with Crippen molar-refractivity contribution in [2.45, 2.75) is 13.8 Å². The van der Waals surface area contributed by atoms with Crippen LogP contribution in [0, 0.1) is 13.8 Å². The molecule has 0 unspecified atom stereocenters. The molecule has 4 rings (SSSR count). The van der Waals surface area contributed by atoms with Gasteiger partial charge in [0.2, 0.25) is 0 Å². The van der Waals surface area contributed by atoms with E-state index < -0.39 is 5.97 Å². The molecule has 24 heavy (non-hydrogen) atoms. The minimum atomic E-state index is -0.966. The van der Waals surface area contributed by atoms with Crippen molar-refractivity contribution in [3.05, 3.63) is 65.2 Å². The van der Waals surface area contributed by atoms with Gasteiger partial charge in [0.05, 0.1) is 11.1 Å². The summed E-state index contributed by atoms with van der Waals surface area (Å²) < 4.78 is 5.84. The van der Waals surface area contributed by atoms with E-state index in [9.17, 15) is 9.90 Å². The molecule has 2 aromatic carbocycles. The van der Waals surface area contributed by atoms with Crippen molar-refractivity contribution in [2.24, 2.45) is 0 Å². The predicted octanol–water partition coefficient (Wildman–Crippen LogP) is 4.96. The minimum absolute atomic E-state index is 0.243. The number of carbonyl (C=O) groups is 1. The molecule has 4 heteroatoms. The lowest BCUT2D eigenvalue weighted by atomic mass is 10.00. The highest BCUT2D eigenvalue weighted by atomic mass is 16.4. The second-order valence-electron chi connectivity index (χ2n) is 5.98. The zero-order chi connectivity index (χ0) is 16.8. The number of benzene rings is 2. The molecular weight excluding hydrogens is 302 g/mol. The van der Waals surface area contributed by atoms with Crippen LogP contribution in [0.2, 0.25) is 0 Å². The summed E-state index contributed by atoms with van der Waals surface area (Å²) in [6.07, 6.45) is 0. The second kappa shape index (κ2) is 5.20. The summed E-state index contributed by atoms with van der Waals surface area (Å²) >= 11 is 0. The van der Waals surface area contributed by atoms with Gasteiger partial charge in [-0.1, -0.05) is 24.3 Å². The van der Waals surface area contributed by atoms with Gasteiger partial charge < -0.3 is 9.52 Å². The van der Waals surface area contributed by atoms with Crippen molar-refractivity contribution >= 4 is 27.8 Å². The molecule has 0 spiro atoms. The zero-order valence-electron chi connectivity index (χ0n) is 13.3. The van der Waals surface area contributed by atoms with Crippen LogP contribution in [-0.4, -0.2) is 16.1 Å². The summed E-state index contributed by atoms with van der Waals surface area (Å²) in [5.74, 6) is -0.397. The van der Waals surface area contributed by atoms with Crippen LogP contribution in [0.3, 0.4) is 0 Å². The Balaban J connectivity index is 2.04. The maximum atomic E-state index is 11.7. The summed E-state index contributed by atoms with van der Waals surface area (Å²) in [5.41, 5.74) is 4.15. The Hall–Kier alpha value is -3.14. The molecule has 2 aromatic heterocycles. The van der Waals surface area contributed by atoms with E-state index in [4.69, 9.17) is 4.42 Å². The Morgan fingerprint density at radius 3 is 2.62 bits per heavy atom. The molecule has 118 valence electrons. The van der Waals surface area contributed by atoms with Crippen LogP contribution in [0.1, 0.15) is 21.5 Å². The lowest BCUT2D eigenvalue weighted by molar-refractivity contribution is 0.0699. The van der Waals surface area contributed by atoms with E-state index in [1.165, 1.54) is 0 Å². The molecule has 0 saturated heterocycles. The maximum Gasteiger partial charge on any atom is 0.336 e. The summed E-state index contributed by atoms with van der Waals surface area (Å²) in [4.78, 5) is 16.4. The van der Waals surface area contributed by atoms with Crippen molar-refractivity contribution < 1.29 is 14.3 Å². The van der Waals surface area contributed by atoms with E-state index in [1.54, 1.807) is 6.07 Å². The second-order valence-corrected chi connectivity index (χ2v) is 5.98. The molecule has 0 aliphatic rings. The standard InChI is InChI=1S/C20H15NO3/c1-11-7-12(2)19-14(20(22)23)10-15(21-16(19)8-11)18-9-13-5-3-4-6-17(13)24-18/h3-10H,1-2H3,(H,22,23). The van der Waals surface area contributed by atoms with Gasteiger partial charge in [0.1, 0.15) is 11.3 Å². The van der Waals surface area contributed by atoms with Gasteiger partial charge in [-0.15, -0.1) is 0 Å². The van der Waals surface area contributed by atoms with E-state index in [0.29, 0.717) is 22.4 Å². The van der Waals surface area contributed by atoms with E-state index in [2.05, 4.69) is 4.98 Å². The Morgan fingerprint density at radius 1 is 1.08 bits per heavy atom. The van der Waals surface area contributed by atoms with Crippen LogP contribution in [0.15, 0.2) is 52.9 Å². The lowest BCUT2D eigenvalue weighted by Crippen LogP contribution is -2.02. The fraction of sp³-hybridized carbons (Fsp3) is 0.100. The van der Waals surface area contributed by atoms with Crippen molar-refractivity contribution in [3.63, 3.8) is 0 Å². The van der Waals surface area contributed by atoms with Gasteiger partial charge >= 0.3 is 5.97 Å². The maximum absolute atomic E-state index is 11.7. The van der Waals surface area contributed by atoms with Crippen molar-refractivity contribution in [3.8, 4) is 11.5 Å². The molecule has 4 nitrogen and oxygen atoms in total. The molecule has 0 aliphatic heterocycles. The number of furan rings is 1. The summed E-state index contributed by atoms with van der Waals surface area (Å²) in [6.45, 7) is 3.88. The highest BCUT2D eigenvalue weighted by Gasteiger charge is 2.17. The number of carboxylic acids is 1. The largest absolute Gasteiger partial charge is 0.478 e. The van der Waals surface area contributed by atoms with E-state index in [0.717, 1.165) is 22.1 Å². The van der Waals surface area contributed by atoms with Gasteiger partial charge in [-0.05, 0) is 49.2 Å². The topological polar surface area (TPSA) is 63.3 Å². The van der Waals surface area contributed by atoms with Crippen LogP contribution < -0.4 is 0 Å². The molecule has 2 heterocycles. The number of carboxylic acid groups (broad SMARTS) is 1. The smallest absolute Gasteiger partial charge is 0.336 e. The number of hydrogen-bond acceptors (Lipinski definition) is 3. The Kier molecular flexibility index (Phi) is 3.13. The molecule has 0 fully saturated rings. The van der Waals surface area contributed by atoms with E-state index in [1.807, 2.05) is 56.3 Å². The summed E-state index contributed by atoms with van der Waals surface area (Å²) in [6, 6.07) is 15.0. The molecule has 0 bridgehead atoms. The molecule has 0 radical (unpaired) electrons. The number of fused-ring (bicyclic) bond motifs is 2. The third kappa shape index (κ3) is 2.24. The third-order valence-corrected chi connectivity index (χ3v) is 4.16. The van der Waals surface area contributed by atoms with Crippen molar-refractivity contribution in [1.82, 2.24) is 4.98 Å². The Morgan fingerprint density at radius 2 is 1.88 bits per heavy atom. The highest BCUT2D eigenvalue weighted by Crippen LogP contribution is 2.31. The lowest BCUT2D eigenvalue weighted by Gasteiger charge is -2.09. The third-order valence-electron chi connectivity index (χ3n) is 4.16. The molecule has 0 aliphatic carbocycles. The fourth-order valence-corrected chi connectivity index (χ4v) is 3.16. The van der Waals surface area contributed by atoms with E-state index >= 15 is 0 Å². The van der Waals surface area contributed by atoms with Gasteiger partial charge in [-0.25, -0.2) is 9.78 Å². The SMILES string of the molecule is Cc1cc(C)c2c(C(=O)O)cc(-c3cc4ccccc4o3)nc2c1. The average Bonchev–Trinajstić information content (AvgIpc) is 2.97. The first kappa shape index (κ1) is 14.5. The number of rotatable bonds is 2. The predicted molar refractivity (Wildman–Crippen MR) is 93.4 cm³/mol. The zero-order valence-corrected chi connectivity index (χ0v) is 13.3. The fourth-order valence-electron chi connectivity index (χ4n) is 3.16. The van der Waals surface area contributed by atoms with Crippen LogP contribution in [0.25, 0.3) is 33.3 Å². The van der Waals surface area contributed by atoms with Crippen molar-refractivity contribution in [2.75, 3.05) is 0 Å². The Bertz CT molecular complexity index is 1080. The molecule has 0 amide bonds. The first-order valence-corrected chi connectivity index (χ1v) is 7.67. The number of pyridine rings is 1.